The maximum absolute atomic E-state index is 6.31. The van der Waals surface area contributed by atoms with Crippen molar-refractivity contribution in [3.05, 3.63) is 78.4 Å². The second-order valence-corrected chi connectivity index (χ2v) is 8.91. The number of anilines is 1. The van der Waals surface area contributed by atoms with Crippen LogP contribution in [0.1, 0.15) is 31.9 Å². The Balaban J connectivity index is 1.64. The Bertz CT molecular complexity index is 1070. The topological polar surface area (TPSA) is 43.4 Å². The van der Waals surface area contributed by atoms with Crippen molar-refractivity contribution in [2.24, 2.45) is 0 Å². The summed E-state index contributed by atoms with van der Waals surface area (Å²) in [6, 6.07) is 25.0. The molecule has 1 aliphatic rings. The van der Waals surface area contributed by atoms with Crippen molar-refractivity contribution in [2.45, 2.75) is 32.4 Å². The van der Waals surface area contributed by atoms with Gasteiger partial charge in [0.15, 0.2) is 0 Å². The Morgan fingerprint density at radius 2 is 1.47 bits per heavy atom. The number of methoxy groups -OCH3 is 2. The molecule has 0 saturated heterocycles. The zero-order valence-corrected chi connectivity index (χ0v) is 21.9. The highest BCUT2D eigenvalue weighted by Gasteiger charge is 2.30. The molecule has 2 unspecified atom stereocenters. The molecule has 192 valence electrons. The summed E-state index contributed by atoms with van der Waals surface area (Å²) in [6.07, 6.45) is 0.894. The van der Waals surface area contributed by atoms with Gasteiger partial charge >= 0.3 is 0 Å². The number of nitrogens with zero attached hydrogens (tertiary/aromatic N) is 2. The maximum atomic E-state index is 6.31. The first-order valence-electron chi connectivity index (χ1n) is 12.8. The van der Waals surface area contributed by atoms with E-state index in [0.717, 1.165) is 54.7 Å². The number of hydrogen-bond acceptors (Lipinski definition) is 6. The Morgan fingerprint density at radius 1 is 0.861 bits per heavy atom. The van der Waals surface area contributed by atoms with E-state index < -0.39 is 0 Å². The lowest BCUT2D eigenvalue weighted by molar-refractivity contribution is 0.146. The van der Waals surface area contributed by atoms with Gasteiger partial charge in [0, 0.05) is 13.0 Å². The van der Waals surface area contributed by atoms with E-state index in [4.69, 9.17) is 18.9 Å². The van der Waals surface area contributed by atoms with Crippen LogP contribution in [0.5, 0.6) is 23.0 Å². The summed E-state index contributed by atoms with van der Waals surface area (Å²) in [5, 5.41) is 0. The van der Waals surface area contributed by atoms with Crippen molar-refractivity contribution in [2.75, 3.05) is 52.0 Å². The minimum atomic E-state index is 0.179. The van der Waals surface area contributed by atoms with Crippen LogP contribution in [0.15, 0.2) is 72.8 Å². The van der Waals surface area contributed by atoms with E-state index in [1.807, 2.05) is 42.5 Å². The van der Waals surface area contributed by atoms with E-state index in [9.17, 15) is 0 Å². The molecule has 0 aromatic heterocycles. The van der Waals surface area contributed by atoms with Crippen LogP contribution in [-0.4, -0.2) is 58.0 Å². The molecule has 6 heteroatoms. The molecule has 0 saturated carbocycles. The van der Waals surface area contributed by atoms with E-state index in [1.165, 1.54) is 5.56 Å². The van der Waals surface area contributed by atoms with Gasteiger partial charge in [-0.2, -0.15) is 0 Å². The molecule has 3 aromatic carbocycles. The zero-order chi connectivity index (χ0) is 25.3. The third-order valence-electron chi connectivity index (χ3n) is 6.94. The minimum absolute atomic E-state index is 0.179. The van der Waals surface area contributed by atoms with Crippen LogP contribution in [0.3, 0.4) is 0 Å². The first kappa shape index (κ1) is 25.7. The highest BCUT2D eigenvalue weighted by atomic mass is 16.5. The molecule has 0 fully saturated rings. The van der Waals surface area contributed by atoms with Crippen LogP contribution in [-0.2, 0) is 0 Å². The molecule has 0 amide bonds. The Kier molecular flexibility index (Phi) is 8.95. The fourth-order valence-corrected chi connectivity index (χ4v) is 4.92. The summed E-state index contributed by atoms with van der Waals surface area (Å²) >= 11 is 0. The molecular weight excluding hydrogens is 452 g/mol. The van der Waals surface area contributed by atoms with Crippen molar-refractivity contribution in [1.82, 2.24) is 4.90 Å². The average molecular weight is 491 g/mol. The zero-order valence-electron chi connectivity index (χ0n) is 21.9. The average Bonchev–Trinajstić information content (AvgIpc) is 3.12. The lowest BCUT2D eigenvalue weighted by Gasteiger charge is -2.39. The Morgan fingerprint density at radius 3 is 2.11 bits per heavy atom. The van der Waals surface area contributed by atoms with Crippen molar-refractivity contribution >= 4 is 5.69 Å². The van der Waals surface area contributed by atoms with Crippen LogP contribution in [0, 0.1) is 0 Å². The van der Waals surface area contributed by atoms with E-state index in [1.54, 1.807) is 14.2 Å². The van der Waals surface area contributed by atoms with Gasteiger partial charge in [-0.3, -0.25) is 4.90 Å². The Labute approximate surface area is 215 Å². The molecule has 36 heavy (non-hydrogen) atoms. The first-order valence-corrected chi connectivity index (χ1v) is 12.8. The molecule has 0 radical (unpaired) electrons. The minimum Gasteiger partial charge on any atom is -0.497 e. The lowest BCUT2D eigenvalue weighted by atomic mass is 10.0. The summed E-state index contributed by atoms with van der Waals surface area (Å²) < 4.78 is 23.2. The number of para-hydroxylation sites is 2. The predicted molar refractivity (Wildman–Crippen MR) is 145 cm³/mol. The molecule has 1 heterocycles. The van der Waals surface area contributed by atoms with Crippen LogP contribution < -0.4 is 23.8 Å². The van der Waals surface area contributed by atoms with Gasteiger partial charge in [-0.05, 0) is 67.2 Å². The second-order valence-electron chi connectivity index (χ2n) is 8.91. The van der Waals surface area contributed by atoms with Gasteiger partial charge in [0.25, 0.3) is 0 Å². The predicted octanol–water partition coefficient (Wildman–Crippen LogP) is 5.82. The molecule has 4 rings (SSSR count). The molecular formula is C30H38N2O4. The van der Waals surface area contributed by atoms with Gasteiger partial charge < -0.3 is 23.8 Å². The third kappa shape index (κ3) is 6.05. The number of ether oxygens (including phenoxy) is 4. The highest BCUT2D eigenvalue weighted by molar-refractivity contribution is 5.61. The molecule has 0 aliphatic carbocycles. The second kappa shape index (κ2) is 12.5. The number of likely N-dealkylation sites (N-methyl/N-ethyl adjacent to an activating group) is 1. The van der Waals surface area contributed by atoms with Gasteiger partial charge in [0.2, 0.25) is 0 Å². The number of benzene rings is 3. The number of rotatable bonds is 11. The number of fused-ring (bicyclic) bond motifs is 1. The first-order chi connectivity index (χ1) is 17.7. The quantitative estimate of drug-likeness (QED) is 0.337. The molecule has 0 bridgehead atoms. The molecule has 0 spiro atoms. The summed E-state index contributed by atoms with van der Waals surface area (Å²) in [7, 11) is 3.38. The van der Waals surface area contributed by atoms with Crippen LogP contribution in [0.4, 0.5) is 5.69 Å². The van der Waals surface area contributed by atoms with Gasteiger partial charge in [0.1, 0.15) is 29.6 Å². The van der Waals surface area contributed by atoms with Crippen LogP contribution >= 0.6 is 0 Å². The van der Waals surface area contributed by atoms with Crippen LogP contribution in [0.25, 0.3) is 0 Å². The van der Waals surface area contributed by atoms with E-state index in [2.05, 4.69) is 54.0 Å². The van der Waals surface area contributed by atoms with Crippen molar-refractivity contribution < 1.29 is 18.9 Å². The smallest absolute Gasteiger partial charge is 0.142 e. The summed E-state index contributed by atoms with van der Waals surface area (Å²) in [5.41, 5.74) is 2.38. The fraction of sp³-hybridized carbons (Fsp3) is 0.400. The maximum Gasteiger partial charge on any atom is 0.142 e. The van der Waals surface area contributed by atoms with Crippen molar-refractivity contribution in [3.8, 4) is 23.0 Å². The lowest BCUT2D eigenvalue weighted by Crippen LogP contribution is -2.48. The molecule has 6 nitrogen and oxygen atoms in total. The van der Waals surface area contributed by atoms with E-state index in [0.29, 0.717) is 13.2 Å². The highest BCUT2D eigenvalue weighted by Crippen LogP contribution is 2.39. The van der Waals surface area contributed by atoms with Gasteiger partial charge in [0.05, 0.1) is 38.6 Å². The standard InChI is InChI=1S/C30H38N2O4/c1-5-31(6-2)24(22-36-27-17-15-26(34-4)16-18-27)21-32-28(23-11-13-25(33-3)14-12-23)19-20-35-30-10-8-7-9-29(30)32/h7-18,24,28H,5-6,19-22H2,1-4H3. The van der Waals surface area contributed by atoms with E-state index in [-0.39, 0.29) is 12.1 Å². The van der Waals surface area contributed by atoms with Crippen molar-refractivity contribution in [1.29, 1.82) is 0 Å². The third-order valence-corrected chi connectivity index (χ3v) is 6.94. The summed E-state index contributed by atoms with van der Waals surface area (Å²) in [4.78, 5) is 4.98. The normalized spacial score (nSPS) is 16.0. The van der Waals surface area contributed by atoms with E-state index >= 15 is 0 Å². The number of hydrogen-bond donors (Lipinski definition) is 0. The SMILES string of the molecule is CCN(CC)C(COc1ccc(OC)cc1)CN1c2ccccc2OCCC1c1ccc(OC)cc1. The van der Waals surface area contributed by atoms with Gasteiger partial charge in [-0.15, -0.1) is 0 Å². The van der Waals surface area contributed by atoms with Gasteiger partial charge in [-0.25, -0.2) is 0 Å². The molecule has 1 aliphatic heterocycles. The van der Waals surface area contributed by atoms with Crippen LogP contribution in [0.2, 0.25) is 0 Å². The van der Waals surface area contributed by atoms with Crippen molar-refractivity contribution in [3.63, 3.8) is 0 Å². The Hall–Kier alpha value is -3.38. The summed E-state index contributed by atoms with van der Waals surface area (Å²) in [5.74, 6) is 3.47. The fourth-order valence-electron chi connectivity index (χ4n) is 4.92. The molecule has 0 N–H and O–H groups in total. The molecule has 3 aromatic rings. The van der Waals surface area contributed by atoms with Gasteiger partial charge in [-0.1, -0.05) is 38.1 Å². The largest absolute Gasteiger partial charge is 0.497 e. The molecule has 2 atom stereocenters. The summed E-state index contributed by atoms with van der Waals surface area (Å²) in [6.45, 7) is 8.40. The monoisotopic (exact) mass is 490 g/mol.